The Morgan fingerprint density at radius 1 is 1.31 bits per heavy atom. The van der Waals surface area contributed by atoms with Crippen molar-refractivity contribution in [2.24, 2.45) is 5.16 Å². The minimum Gasteiger partial charge on any atom is -0.442 e. The van der Waals surface area contributed by atoms with Gasteiger partial charge >= 0.3 is 6.09 Å². The number of allylic oxidation sites excluding steroid dienone is 3. The largest absolute Gasteiger partial charge is 0.442 e. The Balaban J connectivity index is 1.45. The van der Waals surface area contributed by atoms with E-state index in [1.807, 2.05) is 0 Å². The lowest BCUT2D eigenvalue weighted by molar-refractivity contribution is -0.119. The van der Waals surface area contributed by atoms with E-state index in [9.17, 15) is 18.4 Å². The molecule has 3 aliphatic rings. The van der Waals surface area contributed by atoms with E-state index >= 15 is 0 Å². The van der Waals surface area contributed by atoms with E-state index in [0.717, 1.165) is 16.5 Å². The molecule has 8 nitrogen and oxygen atoms in total. The van der Waals surface area contributed by atoms with Crippen LogP contribution in [0.25, 0.3) is 0 Å². The molecule has 32 heavy (non-hydrogen) atoms. The summed E-state index contributed by atoms with van der Waals surface area (Å²) in [5.74, 6) is -4.68. The smallest absolute Gasteiger partial charge is 0.414 e. The zero-order chi connectivity index (χ0) is 22.9. The Hall–Kier alpha value is -3.27. The first kappa shape index (κ1) is 21.9. The van der Waals surface area contributed by atoms with Crippen molar-refractivity contribution in [2.75, 3.05) is 19.7 Å². The second-order valence-corrected chi connectivity index (χ2v) is 7.91. The van der Waals surface area contributed by atoms with Gasteiger partial charge in [0, 0.05) is 25.1 Å². The number of cyclic esters (lactones) is 1. The minimum absolute atomic E-state index is 0.0608. The van der Waals surface area contributed by atoms with Crippen LogP contribution in [0.3, 0.4) is 0 Å². The Bertz CT molecular complexity index is 990. The van der Waals surface area contributed by atoms with Gasteiger partial charge < -0.3 is 20.0 Å². The lowest BCUT2D eigenvalue weighted by atomic mass is 9.87. The third-order valence-corrected chi connectivity index (χ3v) is 5.52. The van der Waals surface area contributed by atoms with E-state index in [2.05, 4.69) is 10.5 Å². The van der Waals surface area contributed by atoms with Crippen LogP contribution in [0.15, 0.2) is 53.3 Å². The highest BCUT2D eigenvalue weighted by Gasteiger charge is 2.42. The monoisotopic (exact) mass is 447 g/mol. The summed E-state index contributed by atoms with van der Waals surface area (Å²) in [6.07, 6.45) is 2.37. The number of rotatable bonds is 6. The molecule has 1 fully saturated rings. The second kappa shape index (κ2) is 8.70. The number of nitrogens with zero attached hydrogens (tertiary/aromatic N) is 2. The fraction of sp³-hybridized carbons (Fsp3) is 0.409. The van der Waals surface area contributed by atoms with Gasteiger partial charge in [0.1, 0.15) is 6.10 Å². The summed E-state index contributed by atoms with van der Waals surface area (Å²) in [5.41, 5.74) is 1.88. The maximum absolute atomic E-state index is 15.0. The highest BCUT2D eigenvalue weighted by molar-refractivity contribution is 6.01. The molecule has 1 aromatic rings. The number of halogens is 2. The highest BCUT2D eigenvalue weighted by Crippen LogP contribution is 2.41. The molecule has 1 aliphatic carbocycles. The summed E-state index contributed by atoms with van der Waals surface area (Å²) >= 11 is 0. The Morgan fingerprint density at radius 3 is 2.69 bits per heavy atom. The van der Waals surface area contributed by atoms with Gasteiger partial charge in [0.15, 0.2) is 6.10 Å². The van der Waals surface area contributed by atoms with E-state index in [0.29, 0.717) is 17.7 Å². The van der Waals surface area contributed by atoms with Crippen molar-refractivity contribution in [3.63, 3.8) is 0 Å². The van der Waals surface area contributed by atoms with E-state index < -0.39 is 24.0 Å². The van der Waals surface area contributed by atoms with Crippen molar-refractivity contribution >= 4 is 17.7 Å². The van der Waals surface area contributed by atoms with Crippen molar-refractivity contribution < 1.29 is 33.1 Å². The zero-order valence-electron chi connectivity index (χ0n) is 17.3. The third kappa shape index (κ3) is 4.50. The first-order valence-corrected chi connectivity index (χ1v) is 10.2. The second-order valence-electron chi connectivity index (χ2n) is 7.91. The van der Waals surface area contributed by atoms with E-state index in [-0.39, 0.29) is 37.4 Å². The molecule has 1 aromatic carbocycles. The molecule has 1 saturated heterocycles. The average Bonchev–Trinajstić information content (AvgIpc) is 3.38. The van der Waals surface area contributed by atoms with Gasteiger partial charge in [-0.1, -0.05) is 35.5 Å². The zero-order valence-corrected chi connectivity index (χ0v) is 17.3. The van der Waals surface area contributed by atoms with Crippen LogP contribution in [-0.4, -0.2) is 65.5 Å². The molecule has 0 spiro atoms. The fourth-order valence-electron chi connectivity index (χ4n) is 3.84. The first-order valence-electron chi connectivity index (χ1n) is 10.2. The predicted molar refractivity (Wildman–Crippen MR) is 110 cm³/mol. The topological polar surface area (TPSA) is 100 Å². The number of nitrogens with one attached hydrogen (secondary N) is 1. The molecular formula is C22H23F2N3O5. The van der Waals surface area contributed by atoms with Crippen molar-refractivity contribution in [3.05, 3.63) is 59.3 Å². The van der Waals surface area contributed by atoms with E-state index in [1.54, 1.807) is 24.3 Å². The predicted octanol–water partition coefficient (Wildman–Crippen LogP) is 2.30. The molecule has 0 saturated carbocycles. The molecule has 4 rings (SSSR count). The molecule has 0 bridgehead atoms. The molecule has 3 atom stereocenters. The quantitative estimate of drug-likeness (QED) is 0.697. The van der Waals surface area contributed by atoms with Gasteiger partial charge in [-0.3, -0.25) is 9.69 Å². The number of hydrogen-bond donors (Lipinski definition) is 2. The lowest BCUT2D eigenvalue weighted by Gasteiger charge is -2.28. The van der Waals surface area contributed by atoms with Crippen LogP contribution in [0.4, 0.5) is 13.6 Å². The van der Waals surface area contributed by atoms with Crippen molar-refractivity contribution in [1.82, 2.24) is 10.2 Å². The molecule has 2 unspecified atom stereocenters. The number of ether oxygens (including phenoxy) is 1. The molecular weight excluding hydrogens is 424 g/mol. The Labute approximate surface area is 183 Å². The summed E-state index contributed by atoms with van der Waals surface area (Å²) in [4.78, 5) is 29.4. The summed E-state index contributed by atoms with van der Waals surface area (Å²) in [6.45, 7) is 1.39. The number of oxime groups is 1. The van der Waals surface area contributed by atoms with Gasteiger partial charge in [-0.2, -0.15) is 0 Å². The third-order valence-electron chi connectivity index (χ3n) is 5.52. The van der Waals surface area contributed by atoms with Crippen LogP contribution >= 0.6 is 0 Å². The van der Waals surface area contributed by atoms with Gasteiger partial charge in [0.2, 0.25) is 5.91 Å². The Morgan fingerprint density at radius 2 is 2.06 bits per heavy atom. The van der Waals surface area contributed by atoms with Crippen molar-refractivity contribution in [3.8, 4) is 0 Å². The van der Waals surface area contributed by atoms with Gasteiger partial charge in [0.05, 0.1) is 31.3 Å². The van der Waals surface area contributed by atoms with Gasteiger partial charge in [0.25, 0.3) is 5.92 Å². The number of hydrogen-bond acceptors (Lipinski definition) is 6. The molecule has 0 radical (unpaired) electrons. The maximum atomic E-state index is 15.0. The molecule has 10 heteroatoms. The van der Waals surface area contributed by atoms with Crippen LogP contribution in [0.2, 0.25) is 0 Å². The number of aliphatic hydroxyl groups excluding tert-OH is 1. The van der Waals surface area contributed by atoms with Crippen LogP contribution in [-0.2, 0) is 14.4 Å². The summed E-state index contributed by atoms with van der Waals surface area (Å²) < 4.78 is 35.1. The van der Waals surface area contributed by atoms with Crippen LogP contribution in [0.1, 0.15) is 30.4 Å². The standard InChI is InChI=1S/C22H23F2N3O5/c1-13(29)25-10-18-11-27(21(30)31-18)16-6-7-19(22(23,24)9-16)14-2-4-15(5-3-14)20-8-17(12-28)32-26-20/h2-7,9,17-19,28H,8,10-12H2,1H3,(H,25,29)/t17?,18-,19?/m0/s1. The fourth-order valence-corrected chi connectivity index (χ4v) is 3.84. The number of benzene rings is 1. The first-order chi connectivity index (χ1) is 15.3. The molecule has 0 aromatic heterocycles. The Kier molecular flexibility index (Phi) is 5.96. The molecule has 2 N–H and O–H groups in total. The molecule has 2 amide bonds. The number of amides is 2. The van der Waals surface area contributed by atoms with Crippen LogP contribution < -0.4 is 5.32 Å². The van der Waals surface area contributed by atoms with Crippen molar-refractivity contribution in [1.29, 1.82) is 0 Å². The number of alkyl halides is 2. The van der Waals surface area contributed by atoms with E-state index in [1.165, 1.54) is 19.1 Å². The molecule has 2 heterocycles. The summed E-state index contributed by atoms with van der Waals surface area (Å²) in [6, 6.07) is 6.62. The van der Waals surface area contributed by atoms with Crippen LogP contribution in [0.5, 0.6) is 0 Å². The lowest BCUT2D eigenvalue weighted by Crippen LogP contribution is -2.34. The number of aliphatic hydroxyl groups is 1. The summed E-state index contributed by atoms with van der Waals surface area (Å²) in [5, 5.41) is 15.6. The van der Waals surface area contributed by atoms with Crippen molar-refractivity contribution in [2.45, 2.75) is 37.4 Å². The molecule has 170 valence electrons. The number of carbonyl (C=O) groups excluding carboxylic acids is 2. The summed E-state index contributed by atoms with van der Waals surface area (Å²) in [7, 11) is 0. The van der Waals surface area contributed by atoms with Gasteiger partial charge in [-0.15, -0.1) is 0 Å². The van der Waals surface area contributed by atoms with Gasteiger partial charge in [-0.05, 0) is 17.2 Å². The van der Waals surface area contributed by atoms with Gasteiger partial charge in [-0.25, -0.2) is 13.6 Å². The minimum atomic E-state index is -3.22. The number of carbonyl (C=O) groups is 2. The van der Waals surface area contributed by atoms with Crippen LogP contribution in [0, 0.1) is 0 Å². The highest BCUT2D eigenvalue weighted by atomic mass is 19.3. The maximum Gasteiger partial charge on any atom is 0.414 e. The normalized spacial score (nSPS) is 26.3. The molecule has 2 aliphatic heterocycles. The SMILES string of the molecule is CC(=O)NC[C@H]1CN(C2=CC(F)(F)C(c3ccc(C4=NOC(CO)C4)cc3)C=C2)C(=O)O1. The van der Waals surface area contributed by atoms with E-state index in [4.69, 9.17) is 14.7 Å². The average molecular weight is 447 g/mol.